The molecule has 0 atom stereocenters. The van der Waals surface area contributed by atoms with Crippen LogP contribution in [0.25, 0.3) is 0 Å². The summed E-state index contributed by atoms with van der Waals surface area (Å²) in [6.45, 7) is 5.45. The smallest absolute Gasteiger partial charge is 0.0871 e. The number of aliphatic hydroxyl groups is 1. The molecule has 1 aromatic rings. The molecule has 1 aromatic heterocycles. The quantitative estimate of drug-likeness (QED) is 0.749. The molecule has 0 fully saturated rings. The second kappa shape index (κ2) is 5.04. The van der Waals surface area contributed by atoms with Crippen LogP contribution < -0.4 is 0 Å². The number of rotatable bonds is 5. The summed E-state index contributed by atoms with van der Waals surface area (Å²) in [6.07, 6.45) is 2.20. The number of aliphatic hydroxyl groups excluding tert-OH is 1. The summed E-state index contributed by atoms with van der Waals surface area (Å²) in [7, 11) is 0. The Balaban J connectivity index is 2.49. The number of aromatic nitrogens is 1. The molecular formula is C10H17NO2. The molecule has 0 bridgehead atoms. The van der Waals surface area contributed by atoms with Gasteiger partial charge in [-0.25, -0.2) is 0 Å². The molecule has 0 aliphatic carbocycles. The third-order valence-electron chi connectivity index (χ3n) is 1.83. The van der Waals surface area contributed by atoms with Gasteiger partial charge < -0.3 is 14.4 Å². The highest BCUT2D eigenvalue weighted by atomic mass is 16.5. The molecule has 0 spiro atoms. The highest BCUT2D eigenvalue weighted by Crippen LogP contribution is 2.05. The summed E-state index contributed by atoms with van der Waals surface area (Å²) in [5.74, 6) is 0. The van der Waals surface area contributed by atoms with Crippen LogP contribution in [-0.2, 0) is 17.9 Å². The van der Waals surface area contributed by atoms with Crippen LogP contribution in [0.1, 0.15) is 19.5 Å². The van der Waals surface area contributed by atoms with Gasteiger partial charge in [0.25, 0.3) is 0 Å². The van der Waals surface area contributed by atoms with Crippen molar-refractivity contribution in [3.63, 3.8) is 0 Å². The Bertz CT molecular complexity index is 243. The van der Waals surface area contributed by atoms with Gasteiger partial charge >= 0.3 is 0 Å². The maximum absolute atomic E-state index is 8.78. The Hall–Kier alpha value is -0.800. The summed E-state index contributed by atoms with van der Waals surface area (Å²) in [4.78, 5) is 0. The van der Waals surface area contributed by atoms with Crippen LogP contribution in [0, 0.1) is 0 Å². The van der Waals surface area contributed by atoms with E-state index in [0.717, 1.165) is 5.69 Å². The number of nitrogens with zero attached hydrogens (tertiary/aromatic N) is 1. The first-order chi connectivity index (χ1) is 6.24. The van der Waals surface area contributed by atoms with Gasteiger partial charge in [0.2, 0.25) is 0 Å². The molecule has 0 unspecified atom stereocenters. The van der Waals surface area contributed by atoms with Gasteiger partial charge in [0.1, 0.15) is 0 Å². The predicted octanol–water partition coefficient (Wildman–Crippen LogP) is 1.41. The zero-order chi connectivity index (χ0) is 9.68. The van der Waals surface area contributed by atoms with Crippen molar-refractivity contribution in [1.82, 2.24) is 4.57 Å². The van der Waals surface area contributed by atoms with E-state index in [1.165, 1.54) is 0 Å². The van der Waals surface area contributed by atoms with Crippen LogP contribution >= 0.6 is 0 Å². The molecule has 0 aliphatic rings. The Labute approximate surface area is 78.9 Å². The minimum atomic E-state index is 0.170. The zero-order valence-electron chi connectivity index (χ0n) is 8.23. The molecule has 3 heteroatoms. The van der Waals surface area contributed by atoms with E-state index in [-0.39, 0.29) is 12.7 Å². The molecule has 1 heterocycles. The molecule has 0 amide bonds. The second-order valence-corrected chi connectivity index (χ2v) is 3.28. The third kappa shape index (κ3) is 3.20. The highest BCUT2D eigenvalue weighted by molar-refractivity contribution is 5.05. The van der Waals surface area contributed by atoms with Crippen molar-refractivity contribution in [2.75, 3.05) is 6.61 Å². The van der Waals surface area contributed by atoms with Crippen molar-refractivity contribution in [3.05, 3.63) is 24.0 Å². The lowest BCUT2D eigenvalue weighted by molar-refractivity contribution is 0.0613. The third-order valence-corrected chi connectivity index (χ3v) is 1.83. The van der Waals surface area contributed by atoms with E-state index in [4.69, 9.17) is 9.84 Å². The van der Waals surface area contributed by atoms with Crippen LogP contribution in [0.4, 0.5) is 0 Å². The fraction of sp³-hybridized carbons (Fsp3) is 0.600. The summed E-state index contributed by atoms with van der Waals surface area (Å²) in [5, 5.41) is 8.78. The van der Waals surface area contributed by atoms with Crippen molar-refractivity contribution >= 4 is 0 Å². The maximum Gasteiger partial charge on any atom is 0.0871 e. The summed E-state index contributed by atoms with van der Waals surface area (Å²) in [6, 6.07) is 3.98. The molecule has 1 rings (SSSR count). The first kappa shape index (κ1) is 10.3. The summed E-state index contributed by atoms with van der Waals surface area (Å²) in [5.41, 5.74) is 1.11. The van der Waals surface area contributed by atoms with Crippen LogP contribution in [0.15, 0.2) is 18.3 Å². The minimum Gasteiger partial charge on any atom is -0.395 e. The van der Waals surface area contributed by atoms with E-state index in [1.807, 2.05) is 36.7 Å². The Morgan fingerprint density at radius 2 is 2.31 bits per heavy atom. The molecule has 74 valence electrons. The van der Waals surface area contributed by atoms with Crippen molar-refractivity contribution in [3.8, 4) is 0 Å². The summed E-state index contributed by atoms with van der Waals surface area (Å²) >= 11 is 0. The highest BCUT2D eigenvalue weighted by Gasteiger charge is 2.01. The molecule has 13 heavy (non-hydrogen) atoms. The van der Waals surface area contributed by atoms with Crippen LogP contribution in [0.5, 0.6) is 0 Å². The number of ether oxygens (including phenoxy) is 1. The Morgan fingerprint density at radius 1 is 1.54 bits per heavy atom. The standard InChI is InChI=1S/C10H17NO2/c1-9(2)13-8-10-4-3-5-11(10)6-7-12/h3-5,9,12H,6-8H2,1-2H3. The lowest BCUT2D eigenvalue weighted by atomic mass is 10.4. The topological polar surface area (TPSA) is 34.4 Å². The average molecular weight is 183 g/mol. The van der Waals surface area contributed by atoms with Crippen molar-refractivity contribution < 1.29 is 9.84 Å². The van der Waals surface area contributed by atoms with Gasteiger partial charge in [-0.05, 0) is 26.0 Å². The zero-order valence-corrected chi connectivity index (χ0v) is 8.23. The average Bonchev–Trinajstić information content (AvgIpc) is 2.49. The van der Waals surface area contributed by atoms with Gasteiger partial charge in [-0.1, -0.05) is 0 Å². The van der Waals surface area contributed by atoms with Crippen molar-refractivity contribution in [1.29, 1.82) is 0 Å². The lowest BCUT2D eigenvalue weighted by Crippen LogP contribution is -2.09. The van der Waals surface area contributed by atoms with E-state index < -0.39 is 0 Å². The SMILES string of the molecule is CC(C)OCc1cccn1CCO. The molecule has 0 aromatic carbocycles. The van der Waals surface area contributed by atoms with Crippen molar-refractivity contribution in [2.45, 2.75) is 33.1 Å². The van der Waals surface area contributed by atoms with E-state index in [1.54, 1.807) is 0 Å². The Morgan fingerprint density at radius 3 is 2.92 bits per heavy atom. The first-order valence-corrected chi connectivity index (χ1v) is 4.60. The van der Waals surface area contributed by atoms with Crippen LogP contribution in [-0.4, -0.2) is 22.4 Å². The normalized spacial score (nSPS) is 11.1. The van der Waals surface area contributed by atoms with Gasteiger partial charge in [-0.15, -0.1) is 0 Å². The number of hydrogen-bond donors (Lipinski definition) is 1. The molecule has 0 radical (unpaired) electrons. The monoisotopic (exact) mass is 183 g/mol. The lowest BCUT2D eigenvalue weighted by Gasteiger charge is -2.10. The predicted molar refractivity (Wildman–Crippen MR) is 51.4 cm³/mol. The minimum absolute atomic E-state index is 0.170. The number of hydrogen-bond acceptors (Lipinski definition) is 2. The van der Waals surface area contributed by atoms with E-state index in [0.29, 0.717) is 13.2 Å². The first-order valence-electron chi connectivity index (χ1n) is 4.60. The van der Waals surface area contributed by atoms with E-state index >= 15 is 0 Å². The molecule has 0 aliphatic heterocycles. The second-order valence-electron chi connectivity index (χ2n) is 3.28. The van der Waals surface area contributed by atoms with Gasteiger partial charge in [0.15, 0.2) is 0 Å². The summed E-state index contributed by atoms with van der Waals surface area (Å²) < 4.78 is 7.47. The Kier molecular flexibility index (Phi) is 3.99. The maximum atomic E-state index is 8.78. The van der Waals surface area contributed by atoms with E-state index in [9.17, 15) is 0 Å². The fourth-order valence-corrected chi connectivity index (χ4v) is 1.16. The molecule has 1 N–H and O–H groups in total. The fourth-order valence-electron chi connectivity index (χ4n) is 1.16. The molecule has 3 nitrogen and oxygen atoms in total. The largest absolute Gasteiger partial charge is 0.395 e. The van der Waals surface area contributed by atoms with E-state index in [2.05, 4.69) is 0 Å². The van der Waals surface area contributed by atoms with Gasteiger partial charge in [0, 0.05) is 18.4 Å². The molecule has 0 saturated carbocycles. The van der Waals surface area contributed by atoms with Crippen molar-refractivity contribution in [2.24, 2.45) is 0 Å². The van der Waals surface area contributed by atoms with Crippen LogP contribution in [0.3, 0.4) is 0 Å². The van der Waals surface area contributed by atoms with Gasteiger partial charge in [-0.2, -0.15) is 0 Å². The van der Waals surface area contributed by atoms with Crippen LogP contribution in [0.2, 0.25) is 0 Å². The van der Waals surface area contributed by atoms with Gasteiger partial charge in [-0.3, -0.25) is 0 Å². The van der Waals surface area contributed by atoms with Gasteiger partial charge in [0.05, 0.1) is 19.3 Å². The molecular weight excluding hydrogens is 166 g/mol. The molecule has 0 saturated heterocycles.